The van der Waals surface area contributed by atoms with Crippen molar-refractivity contribution in [2.45, 2.75) is 6.04 Å². The van der Waals surface area contributed by atoms with E-state index in [9.17, 15) is 14.9 Å². The molecular weight excluding hydrogens is 314 g/mol. The van der Waals surface area contributed by atoms with Gasteiger partial charge in [-0.1, -0.05) is 12.1 Å². The van der Waals surface area contributed by atoms with Gasteiger partial charge >= 0.3 is 5.88 Å². The van der Waals surface area contributed by atoms with Crippen LogP contribution in [0.4, 0.5) is 5.88 Å². The second-order valence-corrected chi connectivity index (χ2v) is 5.36. The predicted octanol–water partition coefficient (Wildman–Crippen LogP) is 2.23. The fraction of sp³-hybridized carbons (Fsp3) is 0.312. The third-order valence-electron chi connectivity index (χ3n) is 3.58. The van der Waals surface area contributed by atoms with Gasteiger partial charge in [0.2, 0.25) is 0 Å². The molecule has 1 amide bonds. The number of rotatable bonds is 7. The van der Waals surface area contributed by atoms with Crippen LogP contribution < -0.4 is 10.1 Å². The molecular formula is C16H19N3O5. The number of likely N-dealkylation sites (N-methyl/N-ethyl adjacent to an activating group) is 1. The Balaban J connectivity index is 2.04. The molecule has 2 rings (SSSR count). The van der Waals surface area contributed by atoms with Crippen LogP contribution >= 0.6 is 0 Å². The fourth-order valence-corrected chi connectivity index (χ4v) is 2.25. The maximum absolute atomic E-state index is 12.1. The molecule has 1 unspecified atom stereocenters. The predicted molar refractivity (Wildman–Crippen MR) is 87.1 cm³/mol. The fourth-order valence-electron chi connectivity index (χ4n) is 2.25. The standard InChI is InChI=1S/C16H19N3O5/c1-18(2)13(11-4-6-12(23-3)7-5-11)10-17-16(20)14-8-9-15(24-14)19(21)22/h4-9,13H,10H2,1-3H3,(H,17,20). The van der Waals surface area contributed by atoms with Gasteiger partial charge in [-0.15, -0.1) is 0 Å². The summed E-state index contributed by atoms with van der Waals surface area (Å²) in [5, 5.41) is 13.3. The van der Waals surface area contributed by atoms with Crippen LogP contribution in [0.15, 0.2) is 40.8 Å². The Hall–Kier alpha value is -2.87. The van der Waals surface area contributed by atoms with Crippen LogP contribution in [0.2, 0.25) is 0 Å². The van der Waals surface area contributed by atoms with Gasteiger partial charge in [-0.3, -0.25) is 14.9 Å². The minimum Gasteiger partial charge on any atom is -0.497 e. The Morgan fingerprint density at radius 2 is 1.96 bits per heavy atom. The first-order chi connectivity index (χ1) is 11.4. The Kier molecular flexibility index (Phi) is 5.54. The van der Waals surface area contributed by atoms with Gasteiger partial charge in [-0.25, -0.2) is 0 Å². The highest BCUT2D eigenvalue weighted by Crippen LogP contribution is 2.21. The molecule has 1 aromatic carbocycles. The van der Waals surface area contributed by atoms with Crippen molar-refractivity contribution in [3.63, 3.8) is 0 Å². The molecule has 1 aromatic heterocycles. The first-order valence-corrected chi connectivity index (χ1v) is 7.25. The molecule has 0 aliphatic carbocycles. The molecule has 8 nitrogen and oxygen atoms in total. The minimum absolute atomic E-state index is 0.0650. The monoisotopic (exact) mass is 333 g/mol. The van der Waals surface area contributed by atoms with E-state index in [1.807, 2.05) is 43.3 Å². The average Bonchev–Trinajstić information content (AvgIpc) is 3.05. The van der Waals surface area contributed by atoms with Crippen molar-refractivity contribution >= 4 is 11.8 Å². The highest BCUT2D eigenvalue weighted by molar-refractivity contribution is 5.91. The summed E-state index contributed by atoms with van der Waals surface area (Å²) in [5.74, 6) is -0.292. The summed E-state index contributed by atoms with van der Waals surface area (Å²) in [6, 6.07) is 9.92. The Bertz CT molecular complexity index is 709. The quantitative estimate of drug-likeness (QED) is 0.616. The first kappa shape index (κ1) is 17.5. The maximum Gasteiger partial charge on any atom is 0.433 e. The van der Waals surface area contributed by atoms with Gasteiger partial charge in [0, 0.05) is 6.54 Å². The summed E-state index contributed by atoms with van der Waals surface area (Å²) in [6.45, 7) is 0.326. The van der Waals surface area contributed by atoms with E-state index >= 15 is 0 Å². The number of ether oxygens (including phenoxy) is 1. The van der Waals surface area contributed by atoms with E-state index in [0.29, 0.717) is 6.54 Å². The molecule has 0 saturated heterocycles. The number of methoxy groups -OCH3 is 1. The van der Waals surface area contributed by atoms with Crippen molar-refractivity contribution in [2.75, 3.05) is 27.7 Å². The van der Waals surface area contributed by atoms with Crippen molar-refractivity contribution in [3.05, 3.63) is 57.8 Å². The van der Waals surface area contributed by atoms with E-state index in [-0.39, 0.29) is 11.8 Å². The second kappa shape index (κ2) is 7.60. The van der Waals surface area contributed by atoms with Crippen LogP contribution in [-0.2, 0) is 0 Å². The summed E-state index contributed by atoms with van der Waals surface area (Å²) < 4.78 is 10.0. The lowest BCUT2D eigenvalue weighted by atomic mass is 10.1. The number of amides is 1. The van der Waals surface area contributed by atoms with Crippen LogP contribution in [0.25, 0.3) is 0 Å². The molecule has 2 aromatic rings. The number of nitro groups is 1. The zero-order chi connectivity index (χ0) is 17.7. The molecule has 0 saturated carbocycles. The van der Waals surface area contributed by atoms with E-state index in [2.05, 4.69) is 5.32 Å². The SMILES string of the molecule is COc1ccc(C(CNC(=O)c2ccc([N+](=O)[O-])o2)N(C)C)cc1. The molecule has 0 aliphatic rings. The molecule has 1 atom stereocenters. The summed E-state index contributed by atoms with van der Waals surface area (Å²) in [7, 11) is 5.40. The van der Waals surface area contributed by atoms with Crippen molar-refractivity contribution in [1.29, 1.82) is 0 Å². The Morgan fingerprint density at radius 1 is 1.29 bits per heavy atom. The number of hydrogen-bond acceptors (Lipinski definition) is 6. The zero-order valence-electron chi connectivity index (χ0n) is 13.7. The van der Waals surface area contributed by atoms with Crippen LogP contribution in [0.5, 0.6) is 5.75 Å². The van der Waals surface area contributed by atoms with Gasteiger partial charge in [-0.05, 0) is 37.9 Å². The number of benzene rings is 1. The molecule has 128 valence electrons. The molecule has 0 bridgehead atoms. The highest BCUT2D eigenvalue weighted by Gasteiger charge is 2.20. The van der Waals surface area contributed by atoms with Crippen LogP contribution in [0.3, 0.4) is 0 Å². The van der Waals surface area contributed by atoms with Gasteiger partial charge in [0.05, 0.1) is 19.2 Å². The van der Waals surface area contributed by atoms with Gasteiger partial charge in [0.15, 0.2) is 5.76 Å². The van der Waals surface area contributed by atoms with E-state index in [4.69, 9.17) is 9.15 Å². The zero-order valence-corrected chi connectivity index (χ0v) is 13.7. The molecule has 0 aliphatic heterocycles. The summed E-state index contributed by atoms with van der Waals surface area (Å²) >= 11 is 0. The van der Waals surface area contributed by atoms with Gasteiger partial charge in [-0.2, -0.15) is 0 Å². The average molecular weight is 333 g/mol. The van der Waals surface area contributed by atoms with E-state index in [0.717, 1.165) is 17.4 Å². The molecule has 0 fully saturated rings. The van der Waals surface area contributed by atoms with Gasteiger partial charge in [0.25, 0.3) is 5.91 Å². The number of nitrogens with zero attached hydrogens (tertiary/aromatic N) is 2. The summed E-state index contributed by atoms with van der Waals surface area (Å²) in [6.07, 6.45) is 0. The van der Waals surface area contributed by atoms with E-state index in [1.54, 1.807) is 7.11 Å². The van der Waals surface area contributed by atoms with Crippen LogP contribution in [-0.4, -0.2) is 43.5 Å². The normalized spacial score (nSPS) is 12.0. The highest BCUT2D eigenvalue weighted by atomic mass is 16.6. The van der Waals surface area contributed by atoms with Crippen LogP contribution in [0, 0.1) is 10.1 Å². The molecule has 24 heavy (non-hydrogen) atoms. The lowest BCUT2D eigenvalue weighted by Gasteiger charge is -2.25. The molecule has 1 N–H and O–H groups in total. The van der Waals surface area contributed by atoms with Crippen molar-refractivity contribution in [1.82, 2.24) is 10.2 Å². The number of furan rings is 1. The molecule has 0 spiro atoms. The van der Waals surface area contributed by atoms with Gasteiger partial charge in [0.1, 0.15) is 10.7 Å². The number of carbonyl (C=O) groups is 1. The van der Waals surface area contributed by atoms with Crippen LogP contribution in [0.1, 0.15) is 22.2 Å². The lowest BCUT2D eigenvalue weighted by molar-refractivity contribution is -0.402. The van der Waals surface area contributed by atoms with E-state index < -0.39 is 16.7 Å². The Morgan fingerprint density at radius 3 is 2.46 bits per heavy atom. The summed E-state index contributed by atoms with van der Waals surface area (Å²) in [5.41, 5.74) is 1.01. The van der Waals surface area contributed by atoms with Crippen molar-refractivity contribution < 1.29 is 18.9 Å². The third-order valence-corrected chi connectivity index (χ3v) is 3.58. The van der Waals surface area contributed by atoms with Crippen molar-refractivity contribution in [2.24, 2.45) is 0 Å². The second-order valence-electron chi connectivity index (χ2n) is 5.36. The molecule has 0 radical (unpaired) electrons. The third kappa shape index (κ3) is 4.11. The minimum atomic E-state index is -0.684. The largest absolute Gasteiger partial charge is 0.497 e. The summed E-state index contributed by atoms with van der Waals surface area (Å²) in [4.78, 5) is 23.9. The molecule has 1 heterocycles. The van der Waals surface area contributed by atoms with E-state index in [1.165, 1.54) is 6.07 Å². The Labute approximate surface area is 139 Å². The lowest BCUT2D eigenvalue weighted by Crippen LogP contribution is -2.34. The first-order valence-electron chi connectivity index (χ1n) is 7.25. The smallest absolute Gasteiger partial charge is 0.433 e. The molecule has 8 heteroatoms. The maximum atomic E-state index is 12.1. The number of hydrogen-bond donors (Lipinski definition) is 1. The van der Waals surface area contributed by atoms with Crippen molar-refractivity contribution in [3.8, 4) is 5.75 Å². The van der Waals surface area contributed by atoms with Gasteiger partial charge < -0.3 is 19.4 Å². The number of nitrogens with one attached hydrogen (secondary N) is 1. The number of carbonyl (C=O) groups excluding carboxylic acids is 1. The topological polar surface area (TPSA) is 97.8 Å².